The molecule has 1 amide bonds. The van der Waals surface area contributed by atoms with Gasteiger partial charge in [-0.25, -0.2) is 4.98 Å². The van der Waals surface area contributed by atoms with Crippen molar-refractivity contribution in [2.75, 3.05) is 10.6 Å². The molecule has 1 aromatic heterocycles. The number of carbonyl (C=O) groups excluding carboxylic acids is 1. The molecule has 0 unspecified atom stereocenters. The summed E-state index contributed by atoms with van der Waals surface area (Å²) < 4.78 is 5.88. The number of benzene rings is 2. The summed E-state index contributed by atoms with van der Waals surface area (Å²) in [6.07, 6.45) is 1.56. The van der Waals surface area contributed by atoms with E-state index < -0.39 is 0 Å². The minimum Gasteiger partial charge on any atom is -0.455 e. The number of aromatic nitrogens is 1. The molecule has 0 aliphatic rings. The fourth-order valence-corrected chi connectivity index (χ4v) is 2.46. The van der Waals surface area contributed by atoms with Gasteiger partial charge in [0, 0.05) is 11.7 Å². The van der Waals surface area contributed by atoms with Gasteiger partial charge in [-0.1, -0.05) is 30.3 Å². The molecule has 0 fully saturated rings. The van der Waals surface area contributed by atoms with E-state index in [9.17, 15) is 4.79 Å². The van der Waals surface area contributed by atoms with Crippen LogP contribution < -0.4 is 15.4 Å². The van der Waals surface area contributed by atoms with Gasteiger partial charge < -0.3 is 15.4 Å². The number of hydrogen-bond donors (Lipinski definition) is 2. The number of pyridine rings is 1. The zero-order chi connectivity index (χ0) is 19.3. The van der Waals surface area contributed by atoms with Crippen molar-refractivity contribution < 1.29 is 9.53 Å². The van der Waals surface area contributed by atoms with E-state index in [1.165, 1.54) is 0 Å². The number of hydrogen-bond acceptors (Lipinski definition) is 4. The van der Waals surface area contributed by atoms with Crippen LogP contribution in [0.1, 0.15) is 31.1 Å². The molecule has 0 aliphatic carbocycles. The van der Waals surface area contributed by atoms with Crippen LogP contribution in [0.4, 0.5) is 11.5 Å². The Bertz CT molecular complexity index is 901. The highest BCUT2D eigenvalue weighted by Gasteiger charge is 2.13. The third-order valence-corrected chi connectivity index (χ3v) is 3.64. The van der Waals surface area contributed by atoms with Crippen molar-refractivity contribution >= 4 is 17.4 Å². The van der Waals surface area contributed by atoms with E-state index in [1.807, 2.05) is 48.5 Å². The van der Waals surface area contributed by atoms with Gasteiger partial charge in [0.2, 0.25) is 0 Å². The first-order chi connectivity index (χ1) is 12.9. The molecule has 0 radical (unpaired) electrons. The number of rotatable bonds is 5. The third kappa shape index (κ3) is 5.31. The Labute approximate surface area is 159 Å². The molecule has 27 heavy (non-hydrogen) atoms. The number of carbonyl (C=O) groups is 1. The van der Waals surface area contributed by atoms with Crippen molar-refractivity contribution in [2.45, 2.75) is 26.3 Å². The molecule has 3 rings (SSSR count). The van der Waals surface area contributed by atoms with Crippen LogP contribution in [-0.2, 0) is 0 Å². The minimum atomic E-state index is -0.242. The first-order valence-electron chi connectivity index (χ1n) is 8.78. The van der Waals surface area contributed by atoms with Crippen LogP contribution in [0.5, 0.6) is 11.5 Å². The Morgan fingerprint density at radius 1 is 0.926 bits per heavy atom. The number of anilines is 2. The van der Waals surface area contributed by atoms with Crippen molar-refractivity contribution in [3.8, 4) is 11.5 Å². The van der Waals surface area contributed by atoms with Gasteiger partial charge in [0.15, 0.2) is 5.75 Å². The van der Waals surface area contributed by atoms with Crippen LogP contribution in [0.25, 0.3) is 0 Å². The normalized spacial score (nSPS) is 10.9. The lowest BCUT2D eigenvalue weighted by Gasteiger charge is -2.21. The zero-order valence-corrected chi connectivity index (χ0v) is 15.7. The second kappa shape index (κ2) is 7.91. The Hall–Kier alpha value is -3.34. The molecule has 0 bridgehead atoms. The van der Waals surface area contributed by atoms with E-state index in [4.69, 9.17) is 4.74 Å². The minimum absolute atomic E-state index is 0.0928. The van der Waals surface area contributed by atoms with Gasteiger partial charge in [0.25, 0.3) is 5.91 Å². The lowest BCUT2D eigenvalue weighted by molar-refractivity contribution is 0.102. The van der Waals surface area contributed by atoms with Gasteiger partial charge in [-0.3, -0.25) is 4.79 Å². The summed E-state index contributed by atoms with van der Waals surface area (Å²) in [5.41, 5.74) is 0.983. The molecule has 0 spiro atoms. The Morgan fingerprint density at radius 2 is 1.63 bits per heavy atom. The Morgan fingerprint density at radius 3 is 2.30 bits per heavy atom. The molecule has 5 heteroatoms. The van der Waals surface area contributed by atoms with E-state index in [0.29, 0.717) is 22.7 Å². The van der Waals surface area contributed by atoms with E-state index in [-0.39, 0.29) is 11.4 Å². The summed E-state index contributed by atoms with van der Waals surface area (Å²) in [6, 6.07) is 20.3. The van der Waals surface area contributed by atoms with Gasteiger partial charge in [-0.05, 0) is 57.2 Å². The fraction of sp³-hybridized carbons (Fsp3) is 0.182. The molecule has 0 saturated carbocycles. The zero-order valence-electron chi connectivity index (χ0n) is 15.7. The van der Waals surface area contributed by atoms with Crippen molar-refractivity contribution in [3.05, 3.63) is 78.5 Å². The van der Waals surface area contributed by atoms with Crippen molar-refractivity contribution in [1.29, 1.82) is 0 Å². The topological polar surface area (TPSA) is 63.2 Å². The Balaban J connectivity index is 1.73. The molecule has 138 valence electrons. The highest BCUT2D eigenvalue weighted by molar-refractivity contribution is 6.04. The predicted molar refractivity (Wildman–Crippen MR) is 109 cm³/mol. The average molecular weight is 361 g/mol. The summed E-state index contributed by atoms with van der Waals surface area (Å²) in [5, 5.41) is 6.16. The molecule has 2 aromatic carbocycles. The van der Waals surface area contributed by atoms with Gasteiger partial charge in [-0.15, -0.1) is 0 Å². The highest BCUT2D eigenvalue weighted by Crippen LogP contribution is 2.29. The predicted octanol–water partition coefficient (Wildman–Crippen LogP) is 5.34. The molecular formula is C22H23N3O2. The molecule has 1 heterocycles. The number of para-hydroxylation sites is 3. The highest BCUT2D eigenvalue weighted by atomic mass is 16.5. The maximum Gasteiger partial charge on any atom is 0.257 e. The van der Waals surface area contributed by atoms with Crippen LogP contribution in [0, 0.1) is 0 Å². The maximum absolute atomic E-state index is 12.6. The lowest BCUT2D eigenvalue weighted by atomic mass is 10.1. The molecule has 0 saturated heterocycles. The molecule has 3 aromatic rings. The first kappa shape index (κ1) is 18.5. The van der Waals surface area contributed by atoms with E-state index >= 15 is 0 Å². The molecule has 0 aliphatic heterocycles. The molecule has 2 N–H and O–H groups in total. The first-order valence-corrected chi connectivity index (χ1v) is 8.78. The smallest absolute Gasteiger partial charge is 0.257 e. The number of nitrogens with one attached hydrogen (secondary N) is 2. The maximum atomic E-state index is 12.6. The van der Waals surface area contributed by atoms with Crippen LogP contribution in [0.2, 0.25) is 0 Å². The van der Waals surface area contributed by atoms with E-state index in [0.717, 1.165) is 5.82 Å². The van der Waals surface area contributed by atoms with Gasteiger partial charge in [0.05, 0.1) is 11.3 Å². The molecule has 5 nitrogen and oxygen atoms in total. The number of amides is 1. The van der Waals surface area contributed by atoms with E-state index in [2.05, 4.69) is 36.4 Å². The quantitative estimate of drug-likeness (QED) is 0.644. The standard InChI is InChI=1S/C22H23N3O2/c1-22(2,3)25-20-14-13-16(15-23-20)21(26)24-18-11-7-8-12-19(18)27-17-9-5-4-6-10-17/h4-15H,1-3H3,(H,23,25)(H,24,26). The van der Waals surface area contributed by atoms with Gasteiger partial charge in [0.1, 0.15) is 11.6 Å². The Kier molecular flexibility index (Phi) is 5.41. The average Bonchev–Trinajstić information content (AvgIpc) is 2.63. The number of nitrogens with zero attached hydrogens (tertiary/aromatic N) is 1. The van der Waals surface area contributed by atoms with Crippen molar-refractivity contribution in [3.63, 3.8) is 0 Å². The van der Waals surface area contributed by atoms with Crippen LogP contribution >= 0.6 is 0 Å². The van der Waals surface area contributed by atoms with Crippen LogP contribution in [0.15, 0.2) is 72.9 Å². The third-order valence-electron chi connectivity index (χ3n) is 3.64. The second-order valence-electron chi connectivity index (χ2n) is 7.17. The van der Waals surface area contributed by atoms with Crippen molar-refractivity contribution in [2.24, 2.45) is 0 Å². The van der Waals surface area contributed by atoms with Crippen LogP contribution in [-0.4, -0.2) is 16.4 Å². The summed E-state index contributed by atoms with van der Waals surface area (Å²) in [5.74, 6) is 1.77. The largest absolute Gasteiger partial charge is 0.455 e. The molecular weight excluding hydrogens is 338 g/mol. The summed E-state index contributed by atoms with van der Waals surface area (Å²) in [7, 11) is 0. The SMILES string of the molecule is CC(C)(C)Nc1ccc(C(=O)Nc2ccccc2Oc2ccccc2)cn1. The summed E-state index contributed by atoms with van der Waals surface area (Å²) in [4.78, 5) is 16.9. The van der Waals surface area contributed by atoms with Crippen LogP contribution in [0.3, 0.4) is 0 Å². The monoisotopic (exact) mass is 361 g/mol. The fourth-order valence-electron chi connectivity index (χ4n) is 2.46. The van der Waals surface area contributed by atoms with E-state index in [1.54, 1.807) is 24.4 Å². The summed E-state index contributed by atoms with van der Waals surface area (Å²) in [6.45, 7) is 6.16. The lowest BCUT2D eigenvalue weighted by Crippen LogP contribution is -2.26. The number of ether oxygens (including phenoxy) is 1. The molecule has 0 atom stereocenters. The van der Waals surface area contributed by atoms with Gasteiger partial charge >= 0.3 is 0 Å². The second-order valence-corrected chi connectivity index (χ2v) is 7.17. The summed E-state index contributed by atoms with van der Waals surface area (Å²) >= 11 is 0. The van der Waals surface area contributed by atoms with Gasteiger partial charge in [-0.2, -0.15) is 0 Å². The van der Waals surface area contributed by atoms with Crippen molar-refractivity contribution in [1.82, 2.24) is 4.98 Å².